The van der Waals surface area contributed by atoms with Crippen LogP contribution in [-0.2, 0) is 22.3 Å². The number of halogens is 1. The third kappa shape index (κ3) is 4.40. The lowest BCUT2D eigenvalue weighted by Crippen LogP contribution is -2.45. The Morgan fingerprint density at radius 3 is 2.70 bits per heavy atom. The molecule has 0 radical (unpaired) electrons. The fourth-order valence-corrected chi connectivity index (χ4v) is 5.21. The Balaban J connectivity index is 1.54. The van der Waals surface area contributed by atoms with Gasteiger partial charge in [-0.05, 0) is 48.6 Å². The second-order valence-electron chi connectivity index (χ2n) is 8.72. The molecule has 0 unspecified atom stereocenters. The van der Waals surface area contributed by atoms with Gasteiger partial charge < -0.3 is 33.9 Å². The van der Waals surface area contributed by atoms with Crippen molar-refractivity contribution in [2.45, 2.75) is 50.1 Å². The van der Waals surface area contributed by atoms with Gasteiger partial charge in [-0.3, -0.25) is 0 Å². The number of ether oxygens (including phenoxy) is 5. The summed E-state index contributed by atoms with van der Waals surface area (Å²) < 4.78 is 29.0. The second-order valence-corrected chi connectivity index (χ2v) is 9.09. The van der Waals surface area contributed by atoms with Crippen molar-refractivity contribution in [1.82, 2.24) is 0 Å². The van der Waals surface area contributed by atoms with Crippen molar-refractivity contribution in [3.8, 4) is 17.2 Å². The SMILES string of the molecule is CO[C@H]1C[C@@H](CO)O[C@@H](c2cc(Cc3ccc4c(c3)OCCO4)c(Cl)c3c2OCCC3)[C@@H]1O. The molecule has 2 N–H and O–H groups in total. The minimum atomic E-state index is -0.893. The Bertz CT molecular complexity index is 1010. The van der Waals surface area contributed by atoms with E-state index in [2.05, 4.69) is 0 Å². The number of fused-ring (bicyclic) bond motifs is 2. The lowest BCUT2D eigenvalue weighted by Gasteiger charge is -2.39. The number of methoxy groups -OCH3 is 1. The van der Waals surface area contributed by atoms with Gasteiger partial charge in [-0.15, -0.1) is 0 Å². The molecule has 5 rings (SSSR count). The molecular formula is C25H29ClO7. The number of aliphatic hydroxyl groups excluding tert-OH is 2. The van der Waals surface area contributed by atoms with Gasteiger partial charge >= 0.3 is 0 Å². The van der Waals surface area contributed by atoms with Crippen LogP contribution in [-0.4, -0.2) is 62.1 Å². The fourth-order valence-electron chi connectivity index (χ4n) is 4.91. The van der Waals surface area contributed by atoms with Crippen molar-refractivity contribution in [1.29, 1.82) is 0 Å². The molecule has 3 aliphatic heterocycles. The van der Waals surface area contributed by atoms with Crippen molar-refractivity contribution >= 4 is 11.6 Å². The normalized spacial score (nSPS) is 26.4. The van der Waals surface area contributed by atoms with E-state index in [1.807, 2.05) is 24.3 Å². The zero-order chi connectivity index (χ0) is 22.9. The van der Waals surface area contributed by atoms with E-state index < -0.39 is 24.4 Å². The van der Waals surface area contributed by atoms with Crippen molar-refractivity contribution in [2.75, 3.05) is 33.5 Å². The molecule has 2 aromatic rings. The monoisotopic (exact) mass is 476 g/mol. The molecule has 33 heavy (non-hydrogen) atoms. The van der Waals surface area contributed by atoms with Crippen LogP contribution >= 0.6 is 11.6 Å². The summed E-state index contributed by atoms with van der Waals surface area (Å²) in [5, 5.41) is 21.5. The van der Waals surface area contributed by atoms with Crippen molar-refractivity contribution in [3.05, 3.63) is 51.5 Å². The Labute approximate surface area is 198 Å². The highest BCUT2D eigenvalue weighted by atomic mass is 35.5. The third-order valence-electron chi connectivity index (χ3n) is 6.57. The molecular weight excluding hydrogens is 448 g/mol. The lowest BCUT2D eigenvalue weighted by atomic mass is 9.88. The first-order chi connectivity index (χ1) is 16.1. The Morgan fingerprint density at radius 1 is 1.09 bits per heavy atom. The van der Waals surface area contributed by atoms with E-state index in [1.165, 1.54) is 0 Å². The first kappa shape index (κ1) is 22.7. The highest BCUT2D eigenvalue weighted by Crippen LogP contribution is 2.45. The highest BCUT2D eigenvalue weighted by molar-refractivity contribution is 6.32. The fraction of sp³-hybridized carbons (Fsp3) is 0.520. The molecule has 0 saturated carbocycles. The van der Waals surface area contributed by atoms with Crippen LogP contribution in [0.4, 0.5) is 0 Å². The van der Waals surface area contributed by atoms with Gasteiger partial charge in [-0.1, -0.05) is 17.7 Å². The van der Waals surface area contributed by atoms with E-state index in [4.69, 9.17) is 35.3 Å². The average Bonchev–Trinajstić information content (AvgIpc) is 2.86. The van der Waals surface area contributed by atoms with Crippen LogP contribution in [0.25, 0.3) is 0 Å². The summed E-state index contributed by atoms with van der Waals surface area (Å²) in [6.07, 6.45) is 0.196. The van der Waals surface area contributed by atoms with Crippen molar-refractivity contribution < 1.29 is 33.9 Å². The summed E-state index contributed by atoms with van der Waals surface area (Å²) in [6.45, 7) is 1.51. The average molecular weight is 477 g/mol. The van der Waals surface area contributed by atoms with E-state index >= 15 is 0 Å². The molecule has 3 heterocycles. The molecule has 1 saturated heterocycles. The smallest absolute Gasteiger partial charge is 0.161 e. The van der Waals surface area contributed by atoms with E-state index in [-0.39, 0.29) is 6.61 Å². The van der Waals surface area contributed by atoms with Crippen LogP contribution in [0.15, 0.2) is 24.3 Å². The van der Waals surface area contributed by atoms with Gasteiger partial charge in [0.1, 0.15) is 31.2 Å². The third-order valence-corrected chi connectivity index (χ3v) is 7.04. The summed E-state index contributed by atoms with van der Waals surface area (Å²) in [7, 11) is 1.56. The number of hydrogen-bond acceptors (Lipinski definition) is 7. The predicted octanol–water partition coefficient (Wildman–Crippen LogP) is 3.23. The number of benzene rings is 2. The van der Waals surface area contributed by atoms with E-state index in [1.54, 1.807) is 7.11 Å². The summed E-state index contributed by atoms with van der Waals surface area (Å²) >= 11 is 6.88. The van der Waals surface area contributed by atoms with Crippen LogP contribution in [0.5, 0.6) is 17.2 Å². The van der Waals surface area contributed by atoms with Crippen LogP contribution in [0.1, 0.15) is 41.2 Å². The molecule has 7 nitrogen and oxygen atoms in total. The summed E-state index contributed by atoms with van der Waals surface area (Å²) in [4.78, 5) is 0. The summed E-state index contributed by atoms with van der Waals surface area (Å²) in [5.74, 6) is 2.15. The number of rotatable bonds is 5. The minimum absolute atomic E-state index is 0.149. The first-order valence-corrected chi connectivity index (χ1v) is 11.8. The summed E-state index contributed by atoms with van der Waals surface area (Å²) in [6, 6.07) is 7.87. The molecule has 3 aliphatic rings. The highest BCUT2D eigenvalue weighted by Gasteiger charge is 2.41. The number of hydrogen-bond donors (Lipinski definition) is 2. The van der Waals surface area contributed by atoms with Gasteiger partial charge in [-0.25, -0.2) is 0 Å². The van der Waals surface area contributed by atoms with Crippen molar-refractivity contribution in [3.63, 3.8) is 0 Å². The Morgan fingerprint density at radius 2 is 1.91 bits per heavy atom. The Hall–Kier alpha value is -2.03. The molecule has 0 spiro atoms. The van der Waals surface area contributed by atoms with Gasteiger partial charge in [0, 0.05) is 24.7 Å². The van der Waals surface area contributed by atoms with E-state index in [0.717, 1.165) is 46.6 Å². The van der Waals surface area contributed by atoms with Crippen LogP contribution < -0.4 is 14.2 Å². The molecule has 8 heteroatoms. The summed E-state index contributed by atoms with van der Waals surface area (Å²) in [5.41, 5.74) is 3.64. The second kappa shape index (κ2) is 9.68. The maximum Gasteiger partial charge on any atom is 0.161 e. The molecule has 1 fully saturated rings. The van der Waals surface area contributed by atoms with Crippen LogP contribution in [0, 0.1) is 0 Å². The quantitative estimate of drug-likeness (QED) is 0.685. The number of aliphatic hydroxyl groups is 2. The first-order valence-electron chi connectivity index (χ1n) is 11.4. The molecule has 0 bridgehead atoms. The molecule has 2 aromatic carbocycles. The van der Waals surface area contributed by atoms with E-state index in [0.29, 0.717) is 43.4 Å². The van der Waals surface area contributed by atoms with Gasteiger partial charge in [0.05, 0.1) is 30.4 Å². The van der Waals surface area contributed by atoms with Gasteiger partial charge in [0.25, 0.3) is 0 Å². The molecule has 178 valence electrons. The standard InChI is InChI=1S/C25H29ClO7/c1-29-21-12-16(13-27)33-25(23(21)28)18-11-15(22(26)17-3-2-6-32-24(17)18)9-14-4-5-19-20(10-14)31-8-7-30-19/h4-5,10-11,16,21,23,25,27-28H,2-3,6-9,12-13H2,1H3/t16-,21-,23+,25-/m0/s1. The lowest BCUT2D eigenvalue weighted by molar-refractivity contribution is -0.187. The van der Waals surface area contributed by atoms with Gasteiger partial charge in [0.15, 0.2) is 11.5 Å². The minimum Gasteiger partial charge on any atom is -0.493 e. The van der Waals surface area contributed by atoms with Crippen LogP contribution in [0.2, 0.25) is 5.02 Å². The maximum atomic E-state index is 11.0. The molecule has 4 atom stereocenters. The zero-order valence-corrected chi connectivity index (χ0v) is 19.3. The topological polar surface area (TPSA) is 86.6 Å². The van der Waals surface area contributed by atoms with Gasteiger partial charge in [-0.2, -0.15) is 0 Å². The largest absolute Gasteiger partial charge is 0.493 e. The predicted molar refractivity (Wildman–Crippen MR) is 122 cm³/mol. The molecule has 0 aromatic heterocycles. The van der Waals surface area contributed by atoms with Crippen LogP contribution in [0.3, 0.4) is 0 Å². The molecule has 0 amide bonds. The molecule has 0 aliphatic carbocycles. The Kier molecular flexibility index (Phi) is 6.67. The van der Waals surface area contributed by atoms with Crippen molar-refractivity contribution in [2.24, 2.45) is 0 Å². The van der Waals surface area contributed by atoms with Gasteiger partial charge in [0.2, 0.25) is 0 Å². The maximum absolute atomic E-state index is 11.0. The zero-order valence-electron chi connectivity index (χ0n) is 18.6. The van der Waals surface area contributed by atoms with E-state index in [9.17, 15) is 10.2 Å².